The normalized spacial score (nSPS) is 18.5. The molecule has 128 valence electrons. The SMILES string of the molecule is Cc1ccc(CNc2cccc(CN3CCC[C@@H](C(N)=O)C3)c2)o1. The van der Waals surface area contributed by atoms with Crippen molar-refractivity contribution >= 4 is 11.6 Å². The van der Waals surface area contributed by atoms with E-state index in [1.807, 2.05) is 19.1 Å². The fourth-order valence-corrected chi connectivity index (χ4v) is 3.24. The van der Waals surface area contributed by atoms with Gasteiger partial charge in [0.1, 0.15) is 11.5 Å². The Labute approximate surface area is 142 Å². The van der Waals surface area contributed by atoms with E-state index in [4.69, 9.17) is 10.2 Å². The van der Waals surface area contributed by atoms with Crippen molar-refractivity contribution in [1.82, 2.24) is 4.90 Å². The summed E-state index contributed by atoms with van der Waals surface area (Å²) >= 11 is 0. The van der Waals surface area contributed by atoms with Crippen LogP contribution in [0.3, 0.4) is 0 Å². The molecule has 5 nitrogen and oxygen atoms in total. The van der Waals surface area contributed by atoms with Gasteiger partial charge in [0, 0.05) is 18.8 Å². The topological polar surface area (TPSA) is 71.5 Å². The number of carbonyl (C=O) groups excluding carboxylic acids is 1. The van der Waals surface area contributed by atoms with Crippen LogP contribution in [0.5, 0.6) is 0 Å². The van der Waals surface area contributed by atoms with Gasteiger partial charge in [0.15, 0.2) is 0 Å². The minimum absolute atomic E-state index is 0.0118. The maximum absolute atomic E-state index is 11.4. The molecule has 1 aliphatic rings. The van der Waals surface area contributed by atoms with Crippen molar-refractivity contribution in [3.05, 3.63) is 53.5 Å². The molecule has 0 bridgehead atoms. The summed E-state index contributed by atoms with van der Waals surface area (Å²) in [6.45, 7) is 5.25. The molecule has 0 spiro atoms. The zero-order valence-corrected chi connectivity index (χ0v) is 14.1. The molecule has 24 heavy (non-hydrogen) atoms. The molecule has 1 fully saturated rings. The second kappa shape index (κ2) is 7.53. The number of anilines is 1. The fourth-order valence-electron chi connectivity index (χ4n) is 3.24. The summed E-state index contributed by atoms with van der Waals surface area (Å²) in [5.41, 5.74) is 7.77. The van der Waals surface area contributed by atoms with Crippen molar-refractivity contribution in [1.29, 1.82) is 0 Å². The molecule has 5 heteroatoms. The molecule has 1 amide bonds. The van der Waals surface area contributed by atoms with E-state index in [2.05, 4.69) is 34.5 Å². The molecule has 0 unspecified atom stereocenters. The third-order valence-electron chi connectivity index (χ3n) is 4.50. The number of amides is 1. The first-order valence-electron chi connectivity index (χ1n) is 8.50. The Balaban J connectivity index is 1.57. The van der Waals surface area contributed by atoms with Crippen LogP contribution in [-0.2, 0) is 17.9 Å². The Hall–Kier alpha value is -2.27. The zero-order chi connectivity index (χ0) is 16.9. The van der Waals surface area contributed by atoms with Crippen LogP contribution in [0.4, 0.5) is 5.69 Å². The molecule has 0 aliphatic carbocycles. The molecule has 2 aromatic rings. The van der Waals surface area contributed by atoms with E-state index in [1.165, 1.54) is 5.56 Å². The Morgan fingerprint density at radius 2 is 2.25 bits per heavy atom. The second-order valence-electron chi connectivity index (χ2n) is 6.54. The summed E-state index contributed by atoms with van der Waals surface area (Å²) in [5.74, 6) is 1.67. The molecule has 0 radical (unpaired) electrons. The predicted molar refractivity (Wildman–Crippen MR) is 94.4 cm³/mol. The van der Waals surface area contributed by atoms with Crippen molar-refractivity contribution in [2.45, 2.75) is 32.9 Å². The number of nitrogens with two attached hydrogens (primary N) is 1. The van der Waals surface area contributed by atoms with E-state index in [-0.39, 0.29) is 11.8 Å². The van der Waals surface area contributed by atoms with Crippen LogP contribution in [0.15, 0.2) is 40.8 Å². The maximum Gasteiger partial charge on any atom is 0.221 e. The Kier molecular flexibility index (Phi) is 5.20. The highest BCUT2D eigenvalue weighted by molar-refractivity contribution is 5.76. The lowest BCUT2D eigenvalue weighted by Crippen LogP contribution is -2.40. The number of primary amides is 1. The highest BCUT2D eigenvalue weighted by Crippen LogP contribution is 2.20. The van der Waals surface area contributed by atoms with Crippen LogP contribution >= 0.6 is 0 Å². The van der Waals surface area contributed by atoms with Crippen molar-refractivity contribution in [3.63, 3.8) is 0 Å². The van der Waals surface area contributed by atoms with E-state index < -0.39 is 0 Å². The number of piperidine rings is 1. The van der Waals surface area contributed by atoms with Crippen molar-refractivity contribution in [2.75, 3.05) is 18.4 Å². The number of nitrogens with one attached hydrogen (secondary N) is 1. The largest absolute Gasteiger partial charge is 0.465 e. The zero-order valence-electron chi connectivity index (χ0n) is 14.1. The molecule has 1 aromatic heterocycles. The lowest BCUT2D eigenvalue weighted by Gasteiger charge is -2.31. The predicted octanol–water partition coefficient (Wildman–Crippen LogP) is 2.90. The number of furan rings is 1. The first kappa shape index (κ1) is 16.6. The maximum atomic E-state index is 11.4. The van der Waals surface area contributed by atoms with Gasteiger partial charge >= 0.3 is 0 Å². The van der Waals surface area contributed by atoms with Crippen LogP contribution < -0.4 is 11.1 Å². The van der Waals surface area contributed by atoms with Crippen LogP contribution in [0.2, 0.25) is 0 Å². The summed E-state index contributed by atoms with van der Waals surface area (Å²) in [6.07, 6.45) is 1.94. The quantitative estimate of drug-likeness (QED) is 0.856. The highest BCUT2D eigenvalue weighted by Gasteiger charge is 2.23. The summed E-state index contributed by atoms with van der Waals surface area (Å²) in [7, 11) is 0. The lowest BCUT2D eigenvalue weighted by atomic mass is 9.97. The number of nitrogens with zero attached hydrogens (tertiary/aromatic N) is 1. The molecule has 2 heterocycles. The highest BCUT2D eigenvalue weighted by atomic mass is 16.3. The summed E-state index contributed by atoms with van der Waals surface area (Å²) in [5, 5.41) is 3.39. The van der Waals surface area contributed by atoms with Gasteiger partial charge in [-0.3, -0.25) is 9.69 Å². The number of likely N-dealkylation sites (tertiary alicyclic amines) is 1. The minimum Gasteiger partial charge on any atom is -0.465 e. The van der Waals surface area contributed by atoms with E-state index >= 15 is 0 Å². The Bertz CT molecular complexity index is 695. The second-order valence-corrected chi connectivity index (χ2v) is 6.54. The number of rotatable bonds is 6. The van der Waals surface area contributed by atoms with Gasteiger partial charge in [0.25, 0.3) is 0 Å². The molecule has 0 saturated carbocycles. The molecule has 3 rings (SSSR count). The van der Waals surface area contributed by atoms with Crippen LogP contribution in [0, 0.1) is 12.8 Å². The van der Waals surface area contributed by atoms with Crippen molar-refractivity contribution < 1.29 is 9.21 Å². The molecule has 1 saturated heterocycles. The average molecular weight is 327 g/mol. The lowest BCUT2D eigenvalue weighted by molar-refractivity contribution is -0.123. The number of aryl methyl sites for hydroxylation is 1. The van der Waals surface area contributed by atoms with Gasteiger partial charge in [0.05, 0.1) is 12.5 Å². The van der Waals surface area contributed by atoms with E-state index in [1.54, 1.807) is 0 Å². The van der Waals surface area contributed by atoms with Gasteiger partial charge in [-0.25, -0.2) is 0 Å². The summed E-state index contributed by atoms with van der Waals surface area (Å²) < 4.78 is 5.58. The number of hydrogen-bond acceptors (Lipinski definition) is 4. The molecular weight excluding hydrogens is 302 g/mol. The fraction of sp³-hybridized carbons (Fsp3) is 0.421. The molecular formula is C19H25N3O2. The third kappa shape index (κ3) is 4.38. The van der Waals surface area contributed by atoms with Crippen molar-refractivity contribution in [3.8, 4) is 0 Å². The first-order chi connectivity index (χ1) is 11.6. The minimum atomic E-state index is -0.177. The van der Waals surface area contributed by atoms with Gasteiger partial charge < -0.3 is 15.5 Å². The summed E-state index contributed by atoms with van der Waals surface area (Å²) in [4.78, 5) is 13.7. The van der Waals surface area contributed by atoms with Gasteiger partial charge in [-0.2, -0.15) is 0 Å². The molecule has 1 aromatic carbocycles. The monoisotopic (exact) mass is 327 g/mol. The molecule has 3 N–H and O–H groups in total. The van der Waals surface area contributed by atoms with Crippen LogP contribution in [0.25, 0.3) is 0 Å². The average Bonchev–Trinajstić information content (AvgIpc) is 2.99. The number of hydrogen-bond donors (Lipinski definition) is 2. The summed E-state index contributed by atoms with van der Waals surface area (Å²) in [6, 6.07) is 12.4. The number of carbonyl (C=O) groups is 1. The van der Waals surface area contributed by atoms with Gasteiger partial charge in [-0.05, 0) is 56.1 Å². The van der Waals surface area contributed by atoms with Crippen LogP contribution in [0.1, 0.15) is 29.9 Å². The third-order valence-corrected chi connectivity index (χ3v) is 4.50. The standard InChI is InChI=1S/C19H25N3O2/c1-14-7-8-18(24-14)11-21-17-6-2-4-15(10-17)12-22-9-3-5-16(13-22)19(20)23/h2,4,6-8,10,16,21H,3,5,9,11-13H2,1H3,(H2,20,23)/t16-/m1/s1. The van der Waals surface area contributed by atoms with Crippen molar-refractivity contribution in [2.24, 2.45) is 11.7 Å². The van der Waals surface area contributed by atoms with E-state index in [0.29, 0.717) is 6.54 Å². The Morgan fingerprint density at radius 1 is 1.38 bits per heavy atom. The van der Waals surface area contributed by atoms with Crippen LogP contribution in [-0.4, -0.2) is 23.9 Å². The van der Waals surface area contributed by atoms with Gasteiger partial charge in [-0.15, -0.1) is 0 Å². The van der Waals surface area contributed by atoms with E-state index in [9.17, 15) is 4.79 Å². The number of benzene rings is 1. The Morgan fingerprint density at radius 3 is 3.00 bits per heavy atom. The molecule has 1 atom stereocenters. The van der Waals surface area contributed by atoms with Gasteiger partial charge in [0.2, 0.25) is 5.91 Å². The molecule has 1 aliphatic heterocycles. The van der Waals surface area contributed by atoms with Gasteiger partial charge in [-0.1, -0.05) is 12.1 Å². The smallest absolute Gasteiger partial charge is 0.221 e. The first-order valence-corrected chi connectivity index (χ1v) is 8.50. The van der Waals surface area contributed by atoms with E-state index in [0.717, 1.165) is 49.7 Å².